The molecular formula is C21H31N3O3. The first kappa shape index (κ1) is 19.8. The summed E-state index contributed by atoms with van der Waals surface area (Å²) in [6.45, 7) is 6.09. The molecule has 1 unspecified atom stereocenters. The van der Waals surface area contributed by atoms with E-state index in [0.717, 1.165) is 64.1 Å². The summed E-state index contributed by atoms with van der Waals surface area (Å²) in [7, 11) is 0. The first-order valence-electron chi connectivity index (χ1n) is 10.2. The smallest absolute Gasteiger partial charge is 0.242 e. The van der Waals surface area contributed by atoms with Gasteiger partial charge in [0.15, 0.2) is 0 Å². The Hall–Kier alpha value is -1.92. The van der Waals surface area contributed by atoms with Crippen LogP contribution in [0.15, 0.2) is 30.3 Å². The van der Waals surface area contributed by atoms with Gasteiger partial charge in [0, 0.05) is 26.2 Å². The van der Waals surface area contributed by atoms with Crippen molar-refractivity contribution in [3.8, 4) is 0 Å². The molecule has 0 aliphatic carbocycles. The van der Waals surface area contributed by atoms with Crippen LogP contribution < -0.4 is 5.32 Å². The number of rotatable bonds is 8. The number of hydrogen-bond donors (Lipinski definition) is 1. The second-order valence-electron chi connectivity index (χ2n) is 7.36. The van der Waals surface area contributed by atoms with E-state index in [1.165, 1.54) is 0 Å². The average Bonchev–Trinajstić information content (AvgIpc) is 3.19. The van der Waals surface area contributed by atoms with Crippen LogP contribution in [0.3, 0.4) is 0 Å². The summed E-state index contributed by atoms with van der Waals surface area (Å²) in [6.07, 6.45) is 4.06. The zero-order valence-electron chi connectivity index (χ0n) is 16.1. The van der Waals surface area contributed by atoms with Gasteiger partial charge in [-0.05, 0) is 37.8 Å². The van der Waals surface area contributed by atoms with E-state index < -0.39 is 0 Å². The van der Waals surface area contributed by atoms with E-state index in [1.54, 1.807) is 4.90 Å². The molecule has 2 saturated heterocycles. The van der Waals surface area contributed by atoms with Gasteiger partial charge in [-0.25, -0.2) is 0 Å². The first-order valence-corrected chi connectivity index (χ1v) is 10.2. The molecule has 2 aliphatic heterocycles. The van der Waals surface area contributed by atoms with Crippen molar-refractivity contribution < 1.29 is 14.3 Å². The van der Waals surface area contributed by atoms with E-state index in [9.17, 15) is 9.59 Å². The predicted octanol–water partition coefficient (Wildman–Crippen LogP) is 1.45. The molecule has 2 fully saturated rings. The fraction of sp³-hybridized carbons (Fsp3) is 0.619. The lowest BCUT2D eigenvalue weighted by Gasteiger charge is -2.26. The maximum atomic E-state index is 12.6. The quantitative estimate of drug-likeness (QED) is 0.701. The number of ether oxygens (including phenoxy) is 1. The lowest BCUT2D eigenvalue weighted by atomic mass is 10.1. The molecule has 148 valence electrons. The molecule has 6 nitrogen and oxygen atoms in total. The van der Waals surface area contributed by atoms with Gasteiger partial charge in [-0.2, -0.15) is 0 Å². The minimum Gasteiger partial charge on any atom is -0.379 e. The Labute approximate surface area is 161 Å². The van der Waals surface area contributed by atoms with Gasteiger partial charge >= 0.3 is 0 Å². The van der Waals surface area contributed by atoms with Crippen molar-refractivity contribution in [2.24, 2.45) is 0 Å². The number of carbonyl (C=O) groups excluding carboxylic acids is 2. The number of nitrogens with one attached hydrogen (secondary N) is 1. The van der Waals surface area contributed by atoms with E-state index >= 15 is 0 Å². The van der Waals surface area contributed by atoms with Crippen molar-refractivity contribution in [2.45, 2.75) is 38.1 Å². The highest BCUT2D eigenvalue weighted by Gasteiger charge is 2.33. The van der Waals surface area contributed by atoms with Crippen LogP contribution in [0, 0.1) is 0 Å². The summed E-state index contributed by atoms with van der Waals surface area (Å²) in [5.41, 5.74) is 0.997. The van der Waals surface area contributed by atoms with Crippen LogP contribution in [-0.2, 0) is 20.7 Å². The molecular weight excluding hydrogens is 342 g/mol. The normalized spacial score (nSPS) is 20.6. The second kappa shape index (κ2) is 10.4. The number of carbonyl (C=O) groups is 2. The monoisotopic (exact) mass is 373 g/mol. The number of benzene rings is 1. The van der Waals surface area contributed by atoms with Gasteiger partial charge < -0.3 is 15.0 Å². The summed E-state index contributed by atoms with van der Waals surface area (Å²) >= 11 is 0. The van der Waals surface area contributed by atoms with Gasteiger partial charge in [-0.15, -0.1) is 0 Å². The molecule has 3 rings (SSSR count). The molecule has 2 amide bonds. The second-order valence-corrected chi connectivity index (χ2v) is 7.36. The lowest BCUT2D eigenvalue weighted by Crippen LogP contribution is -2.46. The van der Waals surface area contributed by atoms with Crippen molar-refractivity contribution in [3.63, 3.8) is 0 Å². The largest absolute Gasteiger partial charge is 0.379 e. The topological polar surface area (TPSA) is 61.9 Å². The zero-order chi connectivity index (χ0) is 18.9. The number of unbranched alkanes of at least 4 members (excludes halogenated alkanes) is 1. The molecule has 2 heterocycles. The van der Waals surface area contributed by atoms with Crippen molar-refractivity contribution >= 4 is 11.8 Å². The van der Waals surface area contributed by atoms with Crippen molar-refractivity contribution in [1.29, 1.82) is 0 Å². The van der Waals surface area contributed by atoms with Crippen LogP contribution in [0.2, 0.25) is 0 Å². The van der Waals surface area contributed by atoms with Crippen LogP contribution in [0.25, 0.3) is 0 Å². The number of hydrogen-bond acceptors (Lipinski definition) is 4. The van der Waals surface area contributed by atoms with Gasteiger partial charge in [-0.1, -0.05) is 30.3 Å². The fourth-order valence-corrected chi connectivity index (χ4v) is 3.82. The van der Waals surface area contributed by atoms with Gasteiger partial charge in [0.25, 0.3) is 0 Å². The molecule has 0 saturated carbocycles. The Balaban J connectivity index is 1.37. The third-order valence-electron chi connectivity index (χ3n) is 5.38. The number of likely N-dealkylation sites (tertiary alicyclic amines) is 1. The highest BCUT2D eigenvalue weighted by molar-refractivity contribution is 5.89. The van der Waals surface area contributed by atoms with Crippen molar-refractivity contribution in [2.75, 3.05) is 45.9 Å². The maximum Gasteiger partial charge on any atom is 0.242 e. The molecule has 6 heteroatoms. The average molecular weight is 373 g/mol. The summed E-state index contributed by atoms with van der Waals surface area (Å²) in [5.74, 6) is 0.0476. The Morgan fingerprint density at radius 3 is 2.63 bits per heavy atom. The van der Waals surface area contributed by atoms with E-state index in [-0.39, 0.29) is 17.9 Å². The molecule has 0 spiro atoms. The molecule has 1 aromatic carbocycles. The molecule has 0 radical (unpaired) electrons. The molecule has 0 bridgehead atoms. The molecule has 27 heavy (non-hydrogen) atoms. The van der Waals surface area contributed by atoms with Crippen LogP contribution in [-0.4, -0.2) is 73.6 Å². The molecule has 0 aromatic heterocycles. The minimum atomic E-state index is -0.305. The van der Waals surface area contributed by atoms with Crippen molar-refractivity contribution in [3.05, 3.63) is 35.9 Å². The number of amides is 2. The van der Waals surface area contributed by atoms with E-state index in [0.29, 0.717) is 19.5 Å². The highest BCUT2D eigenvalue weighted by Crippen LogP contribution is 2.19. The Morgan fingerprint density at radius 1 is 1.07 bits per heavy atom. The lowest BCUT2D eigenvalue weighted by molar-refractivity contribution is -0.137. The van der Waals surface area contributed by atoms with Crippen LogP contribution in [0.1, 0.15) is 31.2 Å². The summed E-state index contributed by atoms with van der Waals surface area (Å²) in [5, 5.41) is 3.04. The van der Waals surface area contributed by atoms with Gasteiger partial charge in [-0.3, -0.25) is 14.5 Å². The first-order chi connectivity index (χ1) is 13.2. The van der Waals surface area contributed by atoms with Gasteiger partial charge in [0.05, 0.1) is 19.6 Å². The molecule has 1 N–H and O–H groups in total. The van der Waals surface area contributed by atoms with E-state index in [2.05, 4.69) is 10.2 Å². The molecule has 1 aromatic rings. The Morgan fingerprint density at radius 2 is 1.85 bits per heavy atom. The zero-order valence-corrected chi connectivity index (χ0v) is 16.1. The van der Waals surface area contributed by atoms with Crippen molar-refractivity contribution in [1.82, 2.24) is 15.1 Å². The number of morpholine rings is 1. The maximum absolute atomic E-state index is 12.6. The summed E-state index contributed by atoms with van der Waals surface area (Å²) in [6, 6.07) is 9.43. The SMILES string of the molecule is O=C(NCCCCN1CCOCC1)C1CCCN1C(=O)Cc1ccccc1. The minimum absolute atomic E-state index is 0.000263. The third kappa shape index (κ3) is 6.04. The van der Waals surface area contributed by atoms with Gasteiger partial charge in [0.2, 0.25) is 11.8 Å². The van der Waals surface area contributed by atoms with Crippen LogP contribution in [0.4, 0.5) is 0 Å². The van der Waals surface area contributed by atoms with Crippen LogP contribution in [0.5, 0.6) is 0 Å². The molecule has 2 aliphatic rings. The standard InChI is InChI=1S/C21H31N3O3/c25-20(17-18-7-2-1-3-8-18)24-12-6-9-19(24)21(26)22-10-4-5-11-23-13-15-27-16-14-23/h1-3,7-8,19H,4-6,9-17H2,(H,22,26). The van der Waals surface area contributed by atoms with E-state index in [4.69, 9.17) is 4.74 Å². The van der Waals surface area contributed by atoms with Crippen LogP contribution >= 0.6 is 0 Å². The molecule has 1 atom stereocenters. The fourth-order valence-electron chi connectivity index (χ4n) is 3.82. The summed E-state index contributed by atoms with van der Waals surface area (Å²) < 4.78 is 5.35. The summed E-state index contributed by atoms with van der Waals surface area (Å²) in [4.78, 5) is 29.3. The van der Waals surface area contributed by atoms with E-state index in [1.807, 2.05) is 30.3 Å². The third-order valence-corrected chi connectivity index (χ3v) is 5.38. The Kier molecular flexibility index (Phi) is 7.66. The Bertz CT molecular complexity index is 602. The van der Waals surface area contributed by atoms with Gasteiger partial charge in [0.1, 0.15) is 6.04 Å². The number of nitrogens with zero attached hydrogens (tertiary/aromatic N) is 2. The highest BCUT2D eigenvalue weighted by atomic mass is 16.5. The predicted molar refractivity (Wildman–Crippen MR) is 104 cm³/mol.